The van der Waals surface area contributed by atoms with E-state index in [1.165, 1.54) is 10.4 Å². The van der Waals surface area contributed by atoms with E-state index in [4.69, 9.17) is 9.47 Å². The van der Waals surface area contributed by atoms with Gasteiger partial charge >= 0.3 is 6.18 Å². The van der Waals surface area contributed by atoms with Gasteiger partial charge in [-0.05, 0) is 36.2 Å². The van der Waals surface area contributed by atoms with Gasteiger partial charge in [-0.1, -0.05) is 0 Å². The molecule has 0 saturated carbocycles. The first-order valence-corrected chi connectivity index (χ1v) is 10.1. The molecule has 2 aliphatic rings. The van der Waals surface area contributed by atoms with Crippen LogP contribution in [0.15, 0.2) is 41.4 Å². The zero-order valence-electron chi connectivity index (χ0n) is 14.6. The van der Waals surface area contributed by atoms with Crippen LogP contribution in [0.3, 0.4) is 0 Å². The number of halogens is 3. The predicted molar refractivity (Wildman–Crippen MR) is 92.7 cm³/mol. The molecular weight excluding hydrogens is 397 g/mol. The van der Waals surface area contributed by atoms with Gasteiger partial charge in [-0.2, -0.15) is 17.5 Å². The van der Waals surface area contributed by atoms with Crippen LogP contribution < -0.4 is 9.47 Å². The number of pyridine rings is 1. The van der Waals surface area contributed by atoms with Gasteiger partial charge in [0.1, 0.15) is 11.9 Å². The smallest absolute Gasteiger partial charge is 0.416 e. The molecule has 2 aliphatic heterocycles. The van der Waals surface area contributed by atoms with Gasteiger partial charge in [0.2, 0.25) is 15.9 Å². The molecule has 28 heavy (non-hydrogen) atoms. The third kappa shape index (κ3) is 3.66. The summed E-state index contributed by atoms with van der Waals surface area (Å²) in [5, 5.41) is 0. The van der Waals surface area contributed by atoms with E-state index in [1.807, 2.05) is 0 Å². The van der Waals surface area contributed by atoms with Crippen LogP contribution in [-0.4, -0.2) is 43.5 Å². The third-order valence-electron chi connectivity index (χ3n) is 4.76. The summed E-state index contributed by atoms with van der Waals surface area (Å²) in [6.45, 7) is 0.801. The lowest BCUT2D eigenvalue weighted by molar-refractivity contribution is -0.137. The van der Waals surface area contributed by atoms with Crippen LogP contribution in [0.4, 0.5) is 13.2 Å². The van der Waals surface area contributed by atoms with E-state index in [9.17, 15) is 21.6 Å². The molecule has 0 amide bonds. The van der Waals surface area contributed by atoms with Crippen molar-refractivity contribution in [1.29, 1.82) is 0 Å². The van der Waals surface area contributed by atoms with Crippen molar-refractivity contribution < 1.29 is 31.1 Å². The molecule has 0 bridgehead atoms. The van der Waals surface area contributed by atoms with E-state index in [0.717, 1.165) is 23.9 Å². The normalized spacial score (nSPS) is 20.0. The highest BCUT2D eigenvalue weighted by atomic mass is 32.2. The lowest BCUT2D eigenvalue weighted by Gasteiger charge is -2.18. The molecule has 1 fully saturated rings. The number of aromatic nitrogens is 1. The van der Waals surface area contributed by atoms with Crippen molar-refractivity contribution in [2.45, 2.75) is 30.0 Å². The number of hydrogen-bond acceptors (Lipinski definition) is 5. The van der Waals surface area contributed by atoms with E-state index < -0.39 is 27.9 Å². The number of nitrogens with zero attached hydrogens (tertiary/aromatic N) is 2. The lowest BCUT2D eigenvalue weighted by Crippen LogP contribution is -2.31. The van der Waals surface area contributed by atoms with E-state index in [0.29, 0.717) is 25.2 Å². The van der Waals surface area contributed by atoms with Crippen LogP contribution in [0.2, 0.25) is 0 Å². The SMILES string of the molecule is O=S(=O)(c1ccc2c(c1)CCO2)N1CCC(Oc2cc(C(F)(F)F)ccn2)C1. The zero-order valence-corrected chi connectivity index (χ0v) is 15.5. The van der Waals surface area contributed by atoms with Crippen molar-refractivity contribution in [3.63, 3.8) is 0 Å². The minimum Gasteiger partial charge on any atom is -0.493 e. The Labute approximate surface area is 159 Å². The van der Waals surface area contributed by atoms with Crippen LogP contribution >= 0.6 is 0 Å². The topological polar surface area (TPSA) is 68.7 Å². The van der Waals surface area contributed by atoms with E-state index >= 15 is 0 Å². The van der Waals surface area contributed by atoms with Gasteiger partial charge in [0.15, 0.2) is 0 Å². The second kappa shape index (κ2) is 6.93. The van der Waals surface area contributed by atoms with Crippen molar-refractivity contribution in [3.8, 4) is 11.6 Å². The van der Waals surface area contributed by atoms with Gasteiger partial charge in [0.25, 0.3) is 0 Å². The van der Waals surface area contributed by atoms with Crippen molar-refractivity contribution >= 4 is 10.0 Å². The Morgan fingerprint density at radius 3 is 2.82 bits per heavy atom. The van der Waals surface area contributed by atoms with Crippen LogP contribution in [0, 0.1) is 0 Å². The van der Waals surface area contributed by atoms with Crippen molar-refractivity contribution in [1.82, 2.24) is 9.29 Å². The first kappa shape index (κ1) is 19.0. The number of rotatable bonds is 4. The Morgan fingerprint density at radius 2 is 2.04 bits per heavy atom. The fraction of sp³-hybridized carbons (Fsp3) is 0.389. The Balaban J connectivity index is 1.47. The summed E-state index contributed by atoms with van der Waals surface area (Å²) >= 11 is 0. The van der Waals surface area contributed by atoms with E-state index in [2.05, 4.69) is 4.98 Å². The number of benzene rings is 1. The molecule has 6 nitrogen and oxygen atoms in total. The van der Waals surface area contributed by atoms with Crippen LogP contribution in [0.5, 0.6) is 11.6 Å². The van der Waals surface area contributed by atoms with Gasteiger partial charge in [-0.3, -0.25) is 0 Å². The average molecular weight is 414 g/mol. The second-order valence-electron chi connectivity index (χ2n) is 6.64. The predicted octanol–water partition coefficient (Wildman–Crippen LogP) is 2.88. The Hall–Kier alpha value is -2.33. The average Bonchev–Trinajstić information content (AvgIpc) is 3.30. The summed E-state index contributed by atoms with van der Waals surface area (Å²) in [5.41, 5.74) is -0.0124. The Bertz CT molecular complexity index is 995. The third-order valence-corrected chi connectivity index (χ3v) is 6.62. The molecular formula is C18H17F3N2O4S. The van der Waals surface area contributed by atoms with Gasteiger partial charge in [-0.15, -0.1) is 0 Å². The molecule has 0 aliphatic carbocycles. The van der Waals surface area contributed by atoms with Crippen molar-refractivity contribution in [2.75, 3.05) is 19.7 Å². The molecule has 0 radical (unpaired) electrons. The molecule has 0 spiro atoms. The second-order valence-corrected chi connectivity index (χ2v) is 8.58. The van der Waals surface area contributed by atoms with E-state index in [-0.39, 0.29) is 23.9 Å². The minimum atomic E-state index is -4.50. The summed E-state index contributed by atoms with van der Waals surface area (Å²) in [4.78, 5) is 3.97. The molecule has 3 heterocycles. The molecule has 150 valence electrons. The number of hydrogen-bond donors (Lipinski definition) is 0. The van der Waals surface area contributed by atoms with E-state index in [1.54, 1.807) is 12.1 Å². The monoisotopic (exact) mass is 414 g/mol. The quantitative estimate of drug-likeness (QED) is 0.770. The molecule has 0 N–H and O–H groups in total. The first-order chi connectivity index (χ1) is 13.2. The van der Waals surface area contributed by atoms with Gasteiger partial charge in [-0.25, -0.2) is 13.4 Å². The highest BCUT2D eigenvalue weighted by molar-refractivity contribution is 7.89. The fourth-order valence-corrected chi connectivity index (χ4v) is 4.84. The maximum Gasteiger partial charge on any atom is 0.416 e. The summed E-state index contributed by atoms with van der Waals surface area (Å²) in [6.07, 6.45) is -3.02. The van der Waals surface area contributed by atoms with Crippen LogP contribution in [-0.2, 0) is 22.6 Å². The molecule has 1 aromatic carbocycles. The number of fused-ring (bicyclic) bond motifs is 1. The Kier molecular flexibility index (Phi) is 4.70. The molecule has 10 heteroatoms. The van der Waals surface area contributed by atoms with Crippen molar-refractivity contribution in [3.05, 3.63) is 47.7 Å². The Morgan fingerprint density at radius 1 is 1.21 bits per heavy atom. The first-order valence-electron chi connectivity index (χ1n) is 8.69. The molecule has 1 saturated heterocycles. The molecule has 1 atom stereocenters. The number of ether oxygens (including phenoxy) is 2. The number of sulfonamides is 1. The summed E-state index contributed by atoms with van der Waals surface area (Å²) in [5.74, 6) is 0.519. The van der Waals surface area contributed by atoms with Gasteiger partial charge in [0.05, 0.1) is 23.6 Å². The minimum absolute atomic E-state index is 0.0494. The van der Waals surface area contributed by atoms with Gasteiger partial charge in [0, 0.05) is 25.2 Å². The summed E-state index contributed by atoms with van der Waals surface area (Å²) in [6, 6.07) is 6.43. The van der Waals surface area contributed by atoms with Crippen LogP contribution in [0.25, 0.3) is 0 Å². The highest BCUT2D eigenvalue weighted by Gasteiger charge is 2.35. The molecule has 2 aromatic rings. The van der Waals surface area contributed by atoms with Crippen molar-refractivity contribution in [2.24, 2.45) is 0 Å². The lowest BCUT2D eigenvalue weighted by atomic mass is 10.2. The number of alkyl halides is 3. The summed E-state index contributed by atoms with van der Waals surface area (Å²) < 4.78 is 76.4. The standard InChI is InChI=1S/C18H17F3N2O4S/c19-18(20,21)13-3-6-22-17(10-13)27-14-4-7-23(11-14)28(24,25)15-1-2-16-12(9-15)5-8-26-16/h1-3,6,9-10,14H,4-5,7-8,11H2. The highest BCUT2D eigenvalue weighted by Crippen LogP contribution is 2.32. The molecule has 4 rings (SSSR count). The molecule has 1 aromatic heterocycles. The molecule has 1 unspecified atom stereocenters. The largest absolute Gasteiger partial charge is 0.493 e. The maximum absolute atomic E-state index is 12.9. The van der Waals surface area contributed by atoms with Gasteiger partial charge < -0.3 is 9.47 Å². The zero-order chi connectivity index (χ0) is 19.9. The summed E-state index contributed by atoms with van der Waals surface area (Å²) in [7, 11) is -3.72. The van der Waals surface area contributed by atoms with Crippen LogP contribution in [0.1, 0.15) is 17.5 Å². The fourth-order valence-electron chi connectivity index (χ4n) is 3.31. The maximum atomic E-state index is 12.9.